The third-order valence-electron chi connectivity index (χ3n) is 5.83. The zero-order valence-electron chi connectivity index (χ0n) is 16.0. The zero-order valence-corrected chi connectivity index (χ0v) is 16.0. The van der Waals surface area contributed by atoms with Crippen molar-refractivity contribution in [2.24, 2.45) is 13.0 Å². The zero-order chi connectivity index (χ0) is 19.1. The summed E-state index contributed by atoms with van der Waals surface area (Å²) in [6.45, 7) is 3.66. The molecule has 1 unspecified atom stereocenters. The highest BCUT2D eigenvalue weighted by Gasteiger charge is 2.40. The van der Waals surface area contributed by atoms with Crippen LogP contribution in [0.25, 0.3) is 0 Å². The largest absolute Gasteiger partial charge is 0.340 e. The van der Waals surface area contributed by atoms with Crippen molar-refractivity contribution in [3.05, 3.63) is 47.3 Å². The Bertz CT molecular complexity index is 884. The van der Waals surface area contributed by atoms with Crippen molar-refractivity contribution >= 4 is 17.5 Å². The fraction of sp³-hybridized carbons (Fsp3) is 0.450. The molecule has 1 atom stereocenters. The fourth-order valence-corrected chi connectivity index (χ4v) is 3.82. The molecule has 2 aliphatic heterocycles. The summed E-state index contributed by atoms with van der Waals surface area (Å²) in [5, 5.41) is 7.06. The molecule has 1 aromatic carbocycles. The molecule has 2 aromatic rings. The summed E-state index contributed by atoms with van der Waals surface area (Å²) >= 11 is 0. The number of amides is 2. The summed E-state index contributed by atoms with van der Waals surface area (Å²) in [5.74, 6) is -0.0826. The molecule has 0 saturated carbocycles. The highest BCUT2D eigenvalue weighted by Crippen LogP contribution is 2.26. The van der Waals surface area contributed by atoms with E-state index in [9.17, 15) is 9.59 Å². The smallest absolute Gasteiger partial charge is 0.240 e. The molecule has 1 saturated heterocycles. The number of hydrogen-bond donors (Lipinski definition) is 1. The highest BCUT2D eigenvalue weighted by molar-refractivity contribution is 5.95. The number of likely N-dealkylation sites (N-methyl/N-ethyl adjacent to an activating group) is 1. The number of benzene rings is 1. The number of nitrogens with zero attached hydrogens (tertiary/aromatic N) is 4. The maximum Gasteiger partial charge on any atom is 0.240 e. The van der Waals surface area contributed by atoms with E-state index < -0.39 is 0 Å². The van der Waals surface area contributed by atoms with Gasteiger partial charge in [-0.05, 0) is 31.5 Å². The molecule has 1 aromatic heterocycles. The molecule has 27 heavy (non-hydrogen) atoms. The van der Waals surface area contributed by atoms with Crippen LogP contribution in [0.15, 0.2) is 30.5 Å². The highest BCUT2D eigenvalue weighted by atomic mass is 16.2. The van der Waals surface area contributed by atoms with Crippen molar-refractivity contribution in [3.8, 4) is 0 Å². The van der Waals surface area contributed by atoms with Gasteiger partial charge in [0, 0.05) is 26.7 Å². The molecule has 0 radical (unpaired) electrons. The summed E-state index contributed by atoms with van der Waals surface area (Å²) < 4.78 is 1.73. The minimum absolute atomic E-state index is 0.0440. The normalized spacial score (nSPS) is 20.1. The number of aromatic nitrogens is 2. The van der Waals surface area contributed by atoms with Gasteiger partial charge in [-0.1, -0.05) is 24.3 Å². The number of fused-ring (bicyclic) bond motifs is 1. The SMILES string of the molecule is Cc1c(NC(=O)C2CN(C(=O)C3Cc4ccccc4CN3C)C2)cnn1C. The summed E-state index contributed by atoms with van der Waals surface area (Å²) in [6, 6.07) is 8.14. The second-order valence-corrected chi connectivity index (χ2v) is 7.60. The van der Waals surface area contributed by atoms with Crippen molar-refractivity contribution in [2.75, 3.05) is 25.5 Å². The van der Waals surface area contributed by atoms with Gasteiger partial charge in [0.1, 0.15) is 0 Å². The van der Waals surface area contributed by atoms with Crippen LogP contribution < -0.4 is 5.32 Å². The molecule has 4 rings (SSSR count). The van der Waals surface area contributed by atoms with E-state index in [0.717, 1.165) is 24.3 Å². The van der Waals surface area contributed by atoms with Crippen molar-refractivity contribution in [2.45, 2.75) is 25.9 Å². The summed E-state index contributed by atoms with van der Waals surface area (Å²) in [5.41, 5.74) is 4.18. The van der Waals surface area contributed by atoms with E-state index in [1.165, 1.54) is 11.1 Å². The molecule has 0 bridgehead atoms. The number of hydrogen-bond acceptors (Lipinski definition) is 4. The minimum Gasteiger partial charge on any atom is -0.340 e. The fourth-order valence-electron chi connectivity index (χ4n) is 3.82. The number of aryl methyl sites for hydroxylation is 1. The van der Waals surface area contributed by atoms with Gasteiger partial charge in [0.25, 0.3) is 0 Å². The van der Waals surface area contributed by atoms with Crippen molar-refractivity contribution in [1.29, 1.82) is 0 Å². The number of nitrogens with one attached hydrogen (secondary N) is 1. The van der Waals surface area contributed by atoms with E-state index in [4.69, 9.17) is 0 Å². The molecule has 1 fully saturated rings. The Morgan fingerprint density at radius 2 is 1.85 bits per heavy atom. The first-order chi connectivity index (χ1) is 12.9. The Kier molecular flexibility index (Phi) is 4.47. The predicted octanol–water partition coefficient (Wildman–Crippen LogP) is 1.18. The Balaban J connectivity index is 1.34. The van der Waals surface area contributed by atoms with Crippen LogP contribution in [0.5, 0.6) is 0 Å². The Hall–Kier alpha value is -2.67. The standard InChI is InChI=1S/C20H25N5O2/c1-13-17(9-21-24(13)3)22-19(26)16-11-25(12-16)20(27)18-8-14-6-4-5-7-15(14)10-23(18)2/h4-7,9,16,18H,8,10-12H2,1-3H3,(H,22,26). The molecule has 7 heteroatoms. The van der Waals surface area contributed by atoms with Crippen molar-refractivity contribution in [1.82, 2.24) is 19.6 Å². The van der Waals surface area contributed by atoms with E-state index in [1.54, 1.807) is 15.8 Å². The number of carbonyl (C=O) groups excluding carboxylic acids is 2. The number of anilines is 1. The molecule has 0 aliphatic carbocycles. The molecular weight excluding hydrogens is 342 g/mol. The van der Waals surface area contributed by atoms with E-state index in [2.05, 4.69) is 27.4 Å². The van der Waals surface area contributed by atoms with Crippen LogP contribution in [-0.2, 0) is 29.6 Å². The maximum absolute atomic E-state index is 12.9. The number of rotatable bonds is 3. The maximum atomic E-state index is 12.9. The van der Waals surface area contributed by atoms with Gasteiger partial charge in [-0.15, -0.1) is 0 Å². The number of likely N-dealkylation sites (tertiary alicyclic amines) is 1. The van der Waals surface area contributed by atoms with Gasteiger partial charge in [0.15, 0.2) is 0 Å². The lowest BCUT2D eigenvalue weighted by Crippen LogP contribution is -2.60. The summed E-state index contributed by atoms with van der Waals surface area (Å²) in [4.78, 5) is 29.3. The van der Waals surface area contributed by atoms with Gasteiger partial charge in [-0.3, -0.25) is 19.2 Å². The van der Waals surface area contributed by atoms with Crippen LogP contribution >= 0.6 is 0 Å². The first-order valence-corrected chi connectivity index (χ1v) is 9.29. The molecule has 0 spiro atoms. The Morgan fingerprint density at radius 3 is 2.52 bits per heavy atom. The molecule has 3 heterocycles. The monoisotopic (exact) mass is 367 g/mol. The average Bonchev–Trinajstić information content (AvgIpc) is 2.91. The van der Waals surface area contributed by atoms with Gasteiger partial charge >= 0.3 is 0 Å². The molecule has 7 nitrogen and oxygen atoms in total. The van der Waals surface area contributed by atoms with Gasteiger partial charge in [-0.25, -0.2) is 0 Å². The van der Waals surface area contributed by atoms with Crippen LogP contribution in [0.4, 0.5) is 5.69 Å². The second kappa shape index (κ2) is 6.81. The van der Waals surface area contributed by atoms with Gasteiger partial charge in [0.05, 0.1) is 29.5 Å². The van der Waals surface area contributed by atoms with E-state index in [-0.39, 0.29) is 23.8 Å². The van der Waals surface area contributed by atoms with Crippen LogP contribution in [0.2, 0.25) is 0 Å². The van der Waals surface area contributed by atoms with Gasteiger partial charge in [-0.2, -0.15) is 5.10 Å². The lowest BCUT2D eigenvalue weighted by Gasteiger charge is -2.43. The third kappa shape index (κ3) is 3.23. The van der Waals surface area contributed by atoms with Gasteiger partial charge < -0.3 is 10.2 Å². The Labute approximate surface area is 158 Å². The lowest BCUT2D eigenvalue weighted by molar-refractivity contribution is -0.146. The van der Waals surface area contributed by atoms with Gasteiger partial charge in [0.2, 0.25) is 11.8 Å². The topological polar surface area (TPSA) is 70.5 Å². The quantitative estimate of drug-likeness (QED) is 0.885. The first kappa shape index (κ1) is 17.7. The molecular formula is C20H25N5O2. The number of carbonyl (C=O) groups is 2. The van der Waals surface area contributed by atoms with Crippen LogP contribution in [0.3, 0.4) is 0 Å². The third-order valence-corrected chi connectivity index (χ3v) is 5.83. The predicted molar refractivity (Wildman–Crippen MR) is 102 cm³/mol. The molecule has 2 amide bonds. The average molecular weight is 367 g/mol. The second-order valence-electron chi connectivity index (χ2n) is 7.60. The summed E-state index contributed by atoms with van der Waals surface area (Å²) in [7, 11) is 3.83. The molecule has 1 N–H and O–H groups in total. The van der Waals surface area contributed by atoms with E-state index >= 15 is 0 Å². The van der Waals surface area contributed by atoms with Crippen molar-refractivity contribution in [3.63, 3.8) is 0 Å². The first-order valence-electron chi connectivity index (χ1n) is 9.29. The van der Waals surface area contributed by atoms with E-state index in [1.807, 2.05) is 33.2 Å². The molecule has 2 aliphatic rings. The van der Waals surface area contributed by atoms with Crippen molar-refractivity contribution < 1.29 is 9.59 Å². The Morgan fingerprint density at radius 1 is 1.15 bits per heavy atom. The van der Waals surface area contributed by atoms with Crippen LogP contribution in [-0.4, -0.2) is 57.6 Å². The lowest BCUT2D eigenvalue weighted by atomic mass is 9.91. The minimum atomic E-state index is -0.158. The van der Waals surface area contributed by atoms with Crippen LogP contribution in [0.1, 0.15) is 16.8 Å². The van der Waals surface area contributed by atoms with Crippen LogP contribution in [0, 0.1) is 12.8 Å². The van der Waals surface area contributed by atoms with E-state index in [0.29, 0.717) is 13.1 Å². The summed E-state index contributed by atoms with van der Waals surface area (Å²) in [6.07, 6.45) is 2.39. The molecule has 142 valence electrons.